The summed E-state index contributed by atoms with van der Waals surface area (Å²) in [6.45, 7) is 6.41. The SMILES string of the molecule is COC1CN(c2nc(CNC(C)C)co2)CC1OC. The van der Waals surface area contributed by atoms with Gasteiger partial charge in [-0.25, -0.2) is 0 Å². The summed E-state index contributed by atoms with van der Waals surface area (Å²) in [7, 11) is 3.40. The number of aromatic nitrogens is 1. The van der Waals surface area contributed by atoms with Crippen LogP contribution in [0.1, 0.15) is 19.5 Å². The summed E-state index contributed by atoms with van der Waals surface area (Å²) >= 11 is 0. The highest BCUT2D eigenvalue weighted by atomic mass is 16.5. The molecule has 2 unspecified atom stereocenters. The summed E-state index contributed by atoms with van der Waals surface area (Å²) in [6, 6.07) is 1.07. The molecule has 6 heteroatoms. The lowest BCUT2D eigenvalue weighted by Gasteiger charge is -2.13. The Morgan fingerprint density at radius 2 is 2.00 bits per heavy atom. The molecular formula is C13H23N3O3. The van der Waals surface area contributed by atoms with Gasteiger partial charge in [-0.15, -0.1) is 0 Å². The Labute approximate surface area is 114 Å². The molecule has 1 aliphatic heterocycles. The van der Waals surface area contributed by atoms with E-state index in [0.29, 0.717) is 12.1 Å². The number of nitrogens with one attached hydrogen (secondary N) is 1. The van der Waals surface area contributed by atoms with Gasteiger partial charge in [-0.2, -0.15) is 4.98 Å². The van der Waals surface area contributed by atoms with Crippen LogP contribution in [0.4, 0.5) is 6.01 Å². The normalized spacial score (nSPS) is 23.5. The first kappa shape index (κ1) is 14.3. The molecule has 0 saturated carbocycles. The van der Waals surface area contributed by atoms with Crippen molar-refractivity contribution in [2.24, 2.45) is 0 Å². The third-order valence-electron chi connectivity index (χ3n) is 3.32. The van der Waals surface area contributed by atoms with E-state index in [1.165, 1.54) is 0 Å². The van der Waals surface area contributed by atoms with Gasteiger partial charge in [0.05, 0.1) is 18.8 Å². The zero-order valence-electron chi connectivity index (χ0n) is 12.0. The first-order valence-corrected chi connectivity index (χ1v) is 6.62. The predicted octanol–water partition coefficient (Wildman–Crippen LogP) is 1.02. The van der Waals surface area contributed by atoms with Gasteiger partial charge < -0.3 is 24.1 Å². The molecule has 1 fully saturated rings. The van der Waals surface area contributed by atoms with Crippen LogP contribution in [0.2, 0.25) is 0 Å². The topological polar surface area (TPSA) is 59.8 Å². The lowest BCUT2D eigenvalue weighted by molar-refractivity contribution is -0.00461. The number of nitrogens with zero attached hydrogens (tertiary/aromatic N) is 2. The monoisotopic (exact) mass is 269 g/mol. The van der Waals surface area contributed by atoms with Crippen molar-refractivity contribution in [3.05, 3.63) is 12.0 Å². The van der Waals surface area contributed by atoms with Gasteiger partial charge in [-0.05, 0) is 0 Å². The number of methoxy groups -OCH3 is 2. The minimum atomic E-state index is 0.0640. The second-order valence-electron chi connectivity index (χ2n) is 5.11. The molecule has 0 aliphatic carbocycles. The molecule has 0 amide bonds. The van der Waals surface area contributed by atoms with Crippen molar-refractivity contribution in [2.75, 3.05) is 32.2 Å². The molecule has 1 aromatic rings. The predicted molar refractivity (Wildman–Crippen MR) is 72.3 cm³/mol. The van der Waals surface area contributed by atoms with Crippen molar-refractivity contribution in [1.29, 1.82) is 0 Å². The Balaban J connectivity index is 1.95. The summed E-state index contributed by atoms with van der Waals surface area (Å²) in [6.07, 6.45) is 1.83. The van der Waals surface area contributed by atoms with E-state index in [2.05, 4.69) is 29.0 Å². The number of hydrogen-bond acceptors (Lipinski definition) is 6. The second kappa shape index (κ2) is 6.36. The molecule has 2 atom stereocenters. The third kappa shape index (κ3) is 3.46. The lowest BCUT2D eigenvalue weighted by atomic mass is 10.3. The molecule has 1 saturated heterocycles. The van der Waals surface area contributed by atoms with Crippen LogP contribution in [0, 0.1) is 0 Å². The smallest absolute Gasteiger partial charge is 0.297 e. The number of rotatable bonds is 6. The molecule has 6 nitrogen and oxygen atoms in total. The summed E-state index contributed by atoms with van der Waals surface area (Å²) in [4.78, 5) is 6.54. The molecule has 0 aromatic carbocycles. The molecule has 108 valence electrons. The zero-order chi connectivity index (χ0) is 13.8. The number of ether oxygens (including phenoxy) is 2. The Hall–Kier alpha value is -1.11. The molecule has 2 rings (SSSR count). The van der Waals surface area contributed by atoms with Gasteiger partial charge in [0, 0.05) is 26.8 Å². The average Bonchev–Trinajstić information content (AvgIpc) is 3.02. The Bertz CT molecular complexity index is 382. The van der Waals surface area contributed by atoms with Gasteiger partial charge in [0.15, 0.2) is 0 Å². The Morgan fingerprint density at radius 1 is 1.37 bits per heavy atom. The van der Waals surface area contributed by atoms with Gasteiger partial charge in [-0.3, -0.25) is 0 Å². The van der Waals surface area contributed by atoms with E-state index in [0.717, 1.165) is 25.3 Å². The first-order valence-electron chi connectivity index (χ1n) is 6.62. The van der Waals surface area contributed by atoms with Crippen LogP contribution in [0.25, 0.3) is 0 Å². The maximum absolute atomic E-state index is 5.53. The van der Waals surface area contributed by atoms with Crippen LogP contribution >= 0.6 is 0 Å². The quantitative estimate of drug-likeness (QED) is 0.832. The van der Waals surface area contributed by atoms with Crippen LogP contribution in [0.3, 0.4) is 0 Å². The van der Waals surface area contributed by atoms with E-state index in [9.17, 15) is 0 Å². The standard InChI is InChI=1S/C13H23N3O3/c1-9(2)14-5-10-8-19-13(15-10)16-6-11(17-3)12(7-16)18-4/h8-9,11-12,14H,5-7H2,1-4H3. The van der Waals surface area contributed by atoms with Crippen molar-refractivity contribution in [3.63, 3.8) is 0 Å². The van der Waals surface area contributed by atoms with Crippen LogP contribution in [0.15, 0.2) is 10.7 Å². The van der Waals surface area contributed by atoms with E-state index in [1.807, 2.05) is 0 Å². The molecule has 2 heterocycles. The maximum Gasteiger partial charge on any atom is 0.297 e. The molecule has 0 bridgehead atoms. The first-order chi connectivity index (χ1) is 9.13. The van der Waals surface area contributed by atoms with Gasteiger partial charge in [0.2, 0.25) is 0 Å². The maximum atomic E-state index is 5.53. The molecule has 19 heavy (non-hydrogen) atoms. The van der Waals surface area contributed by atoms with Crippen molar-refractivity contribution >= 4 is 6.01 Å². The fourth-order valence-electron chi connectivity index (χ4n) is 2.18. The minimum Gasteiger partial charge on any atom is -0.432 e. The van der Waals surface area contributed by atoms with E-state index in [4.69, 9.17) is 13.9 Å². The summed E-state index contributed by atoms with van der Waals surface area (Å²) in [5.74, 6) is 0. The highest BCUT2D eigenvalue weighted by Gasteiger charge is 2.35. The third-order valence-corrected chi connectivity index (χ3v) is 3.32. The second-order valence-corrected chi connectivity index (χ2v) is 5.11. The van der Waals surface area contributed by atoms with Crippen LogP contribution < -0.4 is 10.2 Å². The summed E-state index contributed by atoms with van der Waals surface area (Å²) in [5, 5.41) is 3.32. The van der Waals surface area contributed by atoms with Crippen LogP contribution in [-0.4, -0.2) is 50.5 Å². The van der Waals surface area contributed by atoms with E-state index in [-0.39, 0.29) is 12.2 Å². The van der Waals surface area contributed by atoms with Crippen molar-refractivity contribution < 1.29 is 13.9 Å². The van der Waals surface area contributed by atoms with Gasteiger partial charge in [0.25, 0.3) is 6.01 Å². The molecule has 0 spiro atoms. The number of anilines is 1. The van der Waals surface area contributed by atoms with E-state index >= 15 is 0 Å². The Kier molecular flexibility index (Phi) is 4.79. The fraction of sp³-hybridized carbons (Fsp3) is 0.769. The molecular weight excluding hydrogens is 246 g/mol. The van der Waals surface area contributed by atoms with Gasteiger partial charge >= 0.3 is 0 Å². The average molecular weight is 269 g/mol. The molecule has 0 radical (unpaired) electrons. The highest BCUT2D eigenvalue weighted by molar-refractivity contribution is 5.30. The van der Waals surface area contributed by atoms with Crippen LogP contribution in [0.5, 0.6) is 0 Å². The van der Waals surface area contributed by atoms with Crippen molar-refractivity contribution in [1.82, 2.24) is 10.3 Å². The largest absolute Gasteiger partial charge is 0.432 e. The van der Waals surface area contributed by atoms with E-state index < -0.39 is 0 Å². The Morgan fingerprint density at radius 3 is 2.53 bits per heavy atom. The van der Waals surface area contributed by atoms with Crippen molar-refractivity contribution in [2.45, 2.75) is 38.6 Å². The lowest BCUT2D eigenvalue weighted by Crippen LogP contribution is -2.27. The number of oxazole rings is 1. The molecule has 1 aromatic heterocycles. The van der Waals surface area contributed by atoms with E-state index in [1.54, 1.807) is 20.5 Å². The van der Waals surface area contributed by atoms with Crippen molar-refractivity contribution in [3.8, 4) is 0 Å². The summed E-state index contributed by atoms with van der Waals surface area (Å²) < 4.78 is 16.3. The summed E-state index contributed by atoms with van der Waals surface area (Å²) in [5.41, 5.74) is 0.915. The minimum absolute atomic E-state index is 0.0640. The molecule has 1 N–H and O–H groups in total. The number of hydrogen-bond donors (Lipinski definition) is 1. The van der Waals surface area contributed by atoms with Gasteiger partial charge in [0.1, 0.15) is 18.5 Å². The molecule has 1 aliphatic rings. The fourth-order valence-corrected chi connectivity index (χ4v) is 2.18. The zero-order valence-corrected chi connectivity index (χ0v) is 12.0. The van der Waals surface area contributed by atoms with Gasteiger partial charge in [-0.1, -0.05) is 13.8 Å². The van der Waals surface area contributed by atoms with Crippen LogP contribution in [-0.2, 0) is 16.0 Å². The highest BCUT2D eigenvalue weighted by Crippen LogP contribution is 2.22.